The summed E-state index contributed by atoms with van der Waals surface area (Å²) in [6.45, 7) is 4.67. The van der Waals surface area contributed by atoms with Crippen LogP contribution in [-0.4, -0.2) is 42.5 Å². The van der Waals surface area contributed by atoms with Gasteiger partial charge in [0.1, 0.15) is 0 Å². The van der Waals surface area contributed by atoms with E-state index in [0.29, 0.717) is 5.92 Å². The van der Waals surface area contributed by atoms with Crippen molar-refractivity contribution in [1.82, 2.24) is 15.2 Å². The summed E-state index contributed by atoms with van der Waals surface area (Å²) >= 11 is 0. The van der Waals surface area contributed by atoms with Crippen molar-refractivity contribution in [2.45, 2.75) is 19.8 Å². The molecule has 4 rings (SSSR count). The van der Waals surface area contributed by atoms with E-state index >= 15 is 0 Å². The van der Waals surface area contributed by atoms with Crippen LogP contribution in [0.15, 0.2) is 54.6 Å². The average molecular weight is 374 g/mol. The highest BCUT2D eigenvalue weighted by Gasteiger charge is 2.25. The van der Waals surface area contributed by atoms with Crippen LogP contribution in [0.4, 0.5) is 0 Å². The molecule has 28 heavy (non-hydrogen) atoms. The number of piperidine rings is 1. The molecule has 1 saturated heterocycles. The quantitative estimate of drug-likeness (QED) is 0.742. The summed E-state index contributed by atoms with van der Waals surface area (Å²) in [6.07, 6.45) is 2.24. The van der Waals surface area contributed by atoms with Crippen LogP contribution in [0.3, 0.4) is 0 Å². The topological polar surface area (TPSA) is 45.2 Å². The zero-order valence-electron chi connectivity index (χ0n) is 16.6. The van der Waals surface area contributed by atoms with Gasteiger partial charge in [0.15, 0.2) is 0 Å². The molecule has 3 aromatic rings. The van der Waals surface area contributed by atoms with E-state index in [2.05, 4.69) is 36.5 Å². The number of likely N-dealkylation sites (tertiary alicyclic amines) is 1. The second-order valence-corrected chi connectivity index (χ2v) is 7.76. The highest BCUT2D eigenvalue weighted by atomic mass is 16.2. The normalized spacial score (nSPS) is 17.1. The van der Waals surface area contributed by atoms with Gasteiger partial charge in [0.05, 0.1) is 16.8 Å². The predicted octanol–water partition coefficient (Wildman–Crippen LogP) is 4.28. The summed E-state index contributed by atoms with van der Waals surface area (Å²) in [5, 5.41) is 4.18. The number of nitrogens with one attached hydrogen (secondary N) is 1. The lowest BCUT2D eigenvalue weighted by Crippen LogP contribution is -2.42. The first-order valence-corrected chi connectivity index (χ1v) is 10.1. The third-order valence-corrected chi connectivity index (χ3v) is 5.59. The molecular weight excluding hydrogens is 346 g/mol. The Morgan fingerprint density at radius 3 is 2.75 bits per heavy atom. The van der Waals surface area contributed by atoms with Crippen LogP contribution in [0.25, 0.3) is 22.2 Å². The van der Waals surface area contributed by atoms with Gasteiger partial charge in [-0.15, -0.1) is 0 Å². The smallest absolute Gasteiger partial charge is 0.254 e. The minimum Gasteiger partial charge on any atom is -0.338 e. The molecule has 1 atom stereocenters. The molecule has 0 spiro atoms. The van der Waals surface area contributed by atoms with Gasteiger partial charge in [0, 0.05) is 24.0 Å². The Bertz CT molecular complexity index is 979. The van der Waals surface area contributed by atoms with Crippen LogP contribution in [-0.2, 0) is 0 Å². The van der Waals surface area contributed by atoms with Crippen molar-refractivity contribution >= 4 is 16.8 Å². The maximum Gasteiger partial charge on any atom is 0.254 e. The van der Waals surface area contributed by atoms with Crippen molar-refractivity contribution in [3.63, 3.8) is 0 Å². The number of hydrogen-bond acceptors (Lipinski definition) is 3. The first-order chi connectivity index (χ1) is 13.7. The summed E-state index contributed by atoms with van der Waals surface area (Å²) in [4.78, 5) is 20.3. The zero-order chi connectivity index (χ0) is 19.5. The Balaban J connectivity index is 1.74. The molecule has 4 nitrogen and oxygen atoms in total. The van der Waals surface area contributed by atoms with Crippen molar-refractivity contribution in [1.29, 1.82) is 0 Å². The number of hydrogen-bond donors (Lipinski definition) is 1. The minimum atomic E-state index is 0.118. The molecule has 1 fully saturated rings. The number of fused-ring (bicyclic) bond motifs is 1. The van der Waals surface area contributed by atoms with Gasteiger partial charge >= 0.3 is 0 Å². The lowest BCUT2D eigenvalue weighted by Gasteiger charge is -2.33. The number of rotatable bonds is 4. The fourth-order valence-corrected chi connectivity index (χ4v) is 4.10. The lowest BCUT2D eigenvalue weighted by atomic mass is 9.96. The average Bonchev–Trinajstić information content (AvgIpc) is 2.73. The molecule has 1 aromatic heterocycles. The fraction of sp³-hybridized carbons (Fsp3) is 0.333. The van der Waals surface area contributed by atoms with Crippen LogP contribution in [0, 0.1) is 12.8 Å². The van der Waals surface area contributed by atoms with Crippen molar-refractivity contribution in [3.8, 4) is 11.3 Å². The Morgan fingerprint density at radius 2 is 1.96 bits per heavy atom. The Kier molecular flexibility index (Phi) is 5.40. The van der Waals surface area contributed by atoms with Gasteiger partial charge in [-0.2, -0.15) is 0 Å². The van der Waals surface area contributed by atoms with Gasteiger partial charge in [0.2, 0.25) is 0 Å². The molecule has 0 bridgehead atoms. The van der Waals surface area contributed by atoms with E-state index in [9.17, 15) is 4.79 Å². The molecule has 1 unspecified atom stereocenters. The molecule has 0 saturated carbocycles. The monoisotopic (exact) mass is 373 g/mol. The second-order valence-electron chi connectivity index (χ2n) is 7.76. The first kappa shape index (κ1) is 18.6. The van der Waals surface area contributed by atoms with E-state index in [1.807, 2.05) is 42.3 Å². The number of pyridine rings is 1. The predicted molar refractivity (Wildman–Crippen MR) is 114 cm³/mol. The SMILES string of the molecule is CNCC1CCCN(C(=O)c2cc(-c3ccc(C)cc3)nc3ccccc23)C1. The molecule has 0 radical (unpaired) electrons. The fourth-order valence-electron chi connectivity index (χ4n) is 4.10. The molecule has 1 N–H and O–H groups in total. The van der Waals surface area contributed by atoms with E-state index < -0.39 is 0 Å². The highest BCUT2D eigenvalue weighted by molar-refractivity contribution is 6.07. The van der Waals surface area contributed by atoms with E-state index in [1.54, 1.807) is 0 Å². The summed E-state index contributed by atoms with van der Waals surface area (Å²) in [7, 11) is 1.98. The number of para-hydroxylation sites is 1. The van der Waals surface area contributed by atoms with E-state index in [-0.39, 0.29) is 5.91 Å². The van der Waals surface area contributed by atoms with Crippen LogP contribution in [0.1, 0.15) is 28.8 Å². The third-order valence-electron chi connectivity index (χ3n) is 5.59. The van der Waals surface area contributed by atoms with E-state index in [1.165, 1.54) is 12.0 Å². The number of amides is 1. The summed E-state index contributed by atoms with van der Waals surface area (Å²) in [6, 6.07) is 18.2. The molecule has 144 valence electrons. The van der Waals surface area contributed by atoms with Crippen molar-refractivity contribution in [2.24, 2.45) is 5.92 Å². The highest BCUT2D eigenvalue weighted by Crippen LogP contribution is 2.27. The maximum absolute atomic E-state index is 13.5. The van der Waals surface area contributed by atoms with E-state index in [0.717, 1.165) is 53.8 Å². The molecule has 2 heterocycles. The van der Waals surface area contributed by atoms with Crippen molar-refractivity contribution in [2.75, 3.05) is 26.7 Å². The number of aryl methyl sites for hydroxylation is 1. The molecule has 1 amide bonds. The van der Waals surface area contributed by atoms with E-state index in [4.69, 9.17) is 4.98 Å². The minimum absolute atomic E-state index is 0.118. The second kappa shape index (κ2) is 8.11. The van der Waals surface area contributed by atoms with Crippen molar-refractivity contribution in [3.05, 3.63) is 65.7 Å². The molecule has 4 heteroatoms. The standard InChI is InChI=1S/C24H27N3O/c1-17-9-11-19(12-10-17)23-14-21(20-7-3-4-8-22(20)26-23)24(28)27-13-5-6-18(16-27)15-25-2/h3-4,7-12,14,18,25H,5-6,13,15-16H2,1-2H3. The third kappa shape index (κ3) is 3.78. The van der Waals surface area contributed by atoms with Crippen LogP contribution in [0.5, 0.6) is 0 Å². The van der Waals surface area contributed by atoms with Gasteiger partial charge in [-0.3, -0.25) is 4.79 Å². The molecular formula is C24H27N3O. The summed E-state index contributed by atoms with van der Waals surface area (Å²) < 4.78 is 0. The van der Waals surface area contributed by atoms with Gasteiger partial charge in [-0.25, -0.2) is 4.98 Å². The molecule has 1 aliphatic rings. The molecule has 1 aliphatic heterocycles. The number of aromatic nitrogens is 1. The molecule has 2 aromatic carbocycles. The maximum atomic E-state index is 13.5. The number of carbonyl (C=O) groups is 1. The van der Waals surface area contributed by atoms with Crippen LogP contribution >= 0.6 is 0 Å². The van der Waals surface area contributed by atoms with Gasteiger partial charge in [-0.05, 0) is 51.4 Å². The first-order valence-electron chi connectivity index (χ1n) is 10.1. The number of carbonyl (C=O) groups excluding carboxylic acids is 1. The Labute approximate surface area is 166 Å². The van der Waals surface area contributed by atoms with Crippen molar-refractivity contribution < 1.29 is 4.79 Å². The Morgan fingerprint density at radius 1 is 1.18 bits per heavy atom. The van der Waals surface area contributed by atoms with Crippen LogP contribution in [0.2, 0.25) is 0 Å². The number of nitrogens with zero attached hydrogens (tertiary/aromatic N) is 2. The number of benzene rings is 2. The summed E-state index contributed by atoms with van der Waals surface area (Å²) in [5.41, 5.74) is 4.73. The largest absolute Gasteiger partial charge is 0.338 e. The van der Waals surface area contributed by atoms with Gasteiger partial charge in [-0.1, -0.05) is 48.0 Å². The Hall–Kier alpha value is -2.72. The van der Waals surface area contributed by atoms with Gasteiger partial charge < -0.3 is 10.2 Å². The zero-order valence-corrected chi connectivity index (χ0v) is 16.6. The summed E-state index contributed by atoms with van der Waals surface area (Å²) in [5.74, 6) is 0.639. The van der Waals surface area contributed by atoms with Gasteiger partial charge in [0.25, 0.3) is 5.91 Å². The lowest BCUT2D eigenvalue weighted by molar-refractivity contribution is 0.0676. The molecule has 0 aliphatic carbocycles. The van der Waals surface area contributed by atoms with Crippen LogP contribution < -0.4 is 5.32 Å².